The van der Waals surface area contributed by atoms with Gasteiger partial charge >= 0.3 is 0 Å². The van der Waals surface area contributed by atoms with E-state index in [9.17, 15) is 5.11 Å². The second kappa shape index (κ2) is 7.00. The van der Waals surface area contributed by atoms with E-state index >= 15 is 0 Å². The van der Waals surface area contributed by atoms with Crippen molar-refractivity contribution in [2.45, 2.75) is 38.1 Å². The van der Waals surface area contributed by atoms with Crippen molar-refractivity contribution in [2.75, 3.05) is 19.7 Å². The molecule has 1 aromatic rings. The summed E-state index contributed by atoms with van der Waals surface area (Å²) in [5.41, 5.74) is 7.42. The Labute approximate surface area is 129 Å². The van der Waals surface area contributed by atoms with Crippen molar-refractivity contribution >= 4 is 15.9 Å². The predicted molar refractivity (Wildman–Crippen MR) is 83.5 cm³/mol. The maximum absolute atomic E-state index is 9.38. The molecule has 4 nitrogen and oxygen atoms in total. The Morgan fingerprint density at radius 3 is 2.75 bits per heavy atom. The van der Waals surface area contributed by atoms with Gasteiger partial charge in [0.1, 0.15) is 0 Å². The Hall–Kier alpha value is -0.460. The number of halogens is 1. The van der Waals surface area contributed by atoms with Gasteiger partial charge in [0.15, 0.2) is 0 Å². The van der Waals surface area contributed by atoms with Crippen molar-refractivity contribution in [3.63, 3.8) is 0 Å². The third-order valence-electron chi connectivity index (χ3n) is 3.67. The number of nitrogens with two attached hydrogens (primary N) is 1. The lowest BCUT2D eigenvalue weighted by molar-refractivity contribution is -0.108. The van der Waals surface area contributed by atoms with Crippen LogP contribution >= 0.6 is 15.9 Å². The standard InChI is InChI=1S/C15H23BrN2O2/c1-10-7-18(8-12(9-19)20-10)15(11(2)17)13-5-3-4-6-14(13)16/h3-6,10-12,15,19H,7-9,17H2,1-2H3. The number of hydrogen-bond donors (Lipinski definition) is 2. The second-order valence-corrected chi connectivity index (χ2v) is 6.38. The van der Waals surface area contributed by atoms with Crippen LogP contribution < -0.4 is 5.73 Å². The van der Waals surface area contributed by atoms with Crippen molar-refractivity contribution in [2.24, 2.45) is 5.73 Å². The summed E-state index contributed by atoms with van der Waals surface area (Å²) in [4.78, 5) is 2.32. The van der Waals surface area contributed by atoms with Crippen LogP contribution in [0.2, 0.25) is 0 Å². The minimum atomic E-state index is -0.137. The Kier molecular flexibility index (Phi) is 5.57. The van der Waals surface area contributed by atoms with Gasteiger partial charge in [-0.25, -0.2) is 0 Å². The first-order chi connectivity index (χ1) is 9.52. The van der Waals surface area contributed by atoms with Crippen LogP contribution in [0.15, 0.2) is 28.7 Å². The lowest BCUT2D eigenvalue weighted by atomic mass is 9.97. The summed E-state index contributed by atoms with van der Waals surface area (Å²) in [5.74, 6) is 0. The number of benzene rings is 1. The summed E-state index contributed by atoms with van der Waals surface area (Å²) >= 11 is 3.62. The van der Waals surface area contributed by atoms with Crippen LogP contribution in [-0.2, 0) is 4.74 Å². The summed E-state index contributed by atoms with van der Waals surface area (Å²) in [5, 5.41) is 9.38. The highest BCUT2D eigenvalue weighted by molar-refractivity contribution is 9.10. The van der Waals surface area contributed by atoms with Crippen molar-refractivity contribution in [1.82, 2.24) is 4.90 Å². The van der Waals surface area contributed by atoms with E-state index in [1.54, 1.807) is 0 Å². The number of aliphatic hydroxyl groups is 1. The molecule has 112 valence electrons. The quantitative estimate of drug-likeness (QED) is 0.877. The maximum Gasteiger partial charge on any atom is 0.0936 e. The third kappa shape index (κ3) is 3.59. The first kappa shape index (κ1) is 15.9. The fraction of sp³-hybridized carbons (Fsp3) is 0.600. The van der Waals surface area contributed by atoms with E-state index in [0.29, 0.717) is 6.54 Å². The largest absolute Gasteiger partial charge is 0.394 e. The van der Waals surface area contributed by atoms with Gasteiger partial charge in [0.05, 0.1) is 24.9 Å². The van der Waals surface area contributed by atoms with E-state index in [1.807, 2.05) is 32.0 Å². The molecule has 0 bridgehead atoms. The minimum absolute atomic E-state index is 0.00153. The first-order valence-electron chi connectivity index (χ1n) is 7.03. The average molecular weight is 343 g/mol. The number of aliphatic hydroxyl groups excluding tert-OH is 1. The molecule has 0 radical (unpaired) electrons. The first-order valence-corrected chi connectivity index (χ1v) is 7.82. The maximum atomic E-state index is 9.38. The van der Waals surface area contributed by atoms with Gasteiger partial charge in [-0.3, -0.25) is 4.90 Å². The lowest BCUT2D eigenvalue weighted by Gasteiger charge is -2.42. The molecule has 0 aliphatic carbocycles. The highest BCUT2D eigenvalue weighted by Gasteiger charge is 2.32. The molecule has 4 atom stereocenters. The van der Waals surface area contributed by atoms with Crippen molar-refractivity contribution in [1.29, 1.82) is 0 Å². The molecule has 0 amide bonds. The number of nitrogens with zero attached hydrogens (tertiary/aromatic N) is 1. The molecule has 4 unspecified atom stereocenters. The van der Waals surface area contributed by atoms with Gasteiger partial charge in [0, 0.05) is 23.6 Å². The van der Waals surface area contributed by atoms with E-state index in [4.69, 9.17) is 10.5 Å². The van der Waals surface area contributed by atoms with Gasteiger partial charge in [0.25, 0.3) is 0 Å². The molecular weight excluding hydrogens is 320 g/mol. The number of ether oxygens (including phenoxy) is 1. The molecular formula is C15H23BrN2O2. The van der Waals surface area contributed by atoms with Crippen LogP contribution in [0.1, 0.15) is 25.5 Å². The van der Waals surface area contributed by atoms with E-state index in [2.05, 4.69) is 26.9 Å². The van der Waals surface area contributed by atoms with Gasteiger partial charge in [-0.1, -0.05) is 34.1 Å². The Balaban J connectivity index is 2.27. The molecule has 1 saturated heterocycles. The number of rotatable bonds is 4. The second-order valence-electron chi connectivity index (χ2n) is 5.53. The van der Waals surface area contributed by atoms with E-state index in [1.165, 1.54) is 5.56 Å². The van der Waals surface area contributed by atoms with Gasteiger partial charge in [-0.15, -0.1) is 0 Å². The molecule has 1 aliphatic rings. The Morgan fingerprint density at radius 1 is 1.45 bits per heavy atom. The van der Waals surface area contributed by atoms with Crippen LogP contribution in [0.4, 0.5) is 0 Å². The predicted octanol–water partition coefficient (Wildman–Crippen LogP) is 1.92. The summed E-state index contributed by atoms with van der Waals surface area (Å²) in [6.45, 7) is 5.63. The molecule has 20 heavy (non-hydrogen) atoms. The molecule has 1 fully saturated rings. The van der Waals surface area contributed by atoms with Crippen molar-refractivity contribution in [3.8, 4) is 0 Å². The van der Waals surface area contributed by atoms with Crippen LogP contribution in [0.3, 0.4) is 0 Å². The highest BCUT2D eigenvalue weighted by Crippen LogP contribution is 2.31. The van der Waals surface area contributed by atoms with Gasteiger partial charge < -0.3 is 15.6 Å². The van der Waals surface area contributed by atoms with Crippen molar-refractivity contribution in [3.05, 3.63) is 34.3 Å². The van der Waals surface area contributed by atoms with Gasteiger partial charge in [-0.2, -0.15) is 0 Å². The molecule has 2 rings (SSSR count). The lowest BCUT2D eigenvalue weighted by Crippen LogP contribution is -2.52. The molecule has 5 heteroatoms. The fourth-order valence-corrected chi connectivity index (χ4v) is 3.46. The van der Waals surface area contributed by atoms with Crippen LogP contribution in [-0.4, -0.2) is 48.0 Å². The zero-order valence-electron chi connectivity index (χ0n) is 12.0. The van der Waals surface area contributed by atoms with Gasteiger partial charge in [0.2, 0.25) is 0 Å². The zero-order valence-corrected chi connectivity index (χ0v) is 13.6. The van der Waals surface area contributed by atoms with Crippen LogP contribution in [0.25, 0.3) is 0 Å². The molecule has 0 aromatic heterocycles. The molecule has 0 spiro atoms. The minimum Gasteiger partial charge on any atom is -0.394 e. The number of morpholine rings is 1. The van der Waals surface area contributed by atoms with E-state index in [-0.39, 0.29) is 30.9 Å². The Bertz CT molecular complexity index is 442. The number of hydrogen-bond acceptors (Lipinski definition) is 4. The topological polar surface area (TPSA) is 58.7 Å². The normalized spacial score (nSPS) is 27.2. The molecule has 1 aromatic carbocycles. The molecule has 3 N–H and O–H groups in total. The van der Waals surface area contributed by atoms with Crippen LogP contribution in [0, 0.1) is 0 Å². The third-order valence-corrected chi connectivity index (χ3v) is 4.40. The fourth-order valence-electron chi connectivity index (χ4n) is 2.94. The van der Waals surface area contributed by atoms with Crippen molar-refractivity contribution < 1.29 is 9.84 Å². The average Bonchev–Trinajstić information content (AvgIpc) is 2.40. The monoisotopic (exact) mass is 342 g/mol. The zero-order chi connectivity index (χ0) is 14.7. The van der Waals surface area contributed by atoms with Crippen LogP contribution in [0.5, 0.6) is 0 Å². The van der Waals surface area contributed by atoms with Gasteiger partial charge in [-0.05, 0) is 25.5 Å². The summed E-state index contributed by atoms with van der Waals surface area (Å²) < 4.78 is 6.79. The highest BCUT2D eigenvalue weighted by atomic mass is 79.9. The smallest absolute Gasteiger partial charge is 0.0936 e. The van der Waals surface area contributed by atoms with E-state index in [0.717, 1.165) is 11.0 Å². The molecule has 1 heterocycles. The molecule has 0 saturated carbocycles. The Morgan fingerprint density at radius 2 is 2.15 bits per heavy atom. The summed E-state index contributed by atoms with van der Waals surface area (Å²) in [6.07, 6.45) is -0.0351. The SMILES string of the molecule is CC1CN(C(c2ccccc2Br)C(C)N)CC(CO)O1. The summed E-state index contributed by atoms with van der Waals surface area (Å²) in [7, 11) is 0. The summed E-state index contributed by atoms with van der Waals surface area (Å²) in [6, 6.07) is 8.29. The molecule has 1 aliphatic heterocycles. The van der Waals surface area contributed by atoms with E-state index < -0.39 is 0 Å².